The Morgan fingerprint density at radius 2 is 1.62 bits per heavy atom. The molecule has 0 aromatic heterocycles. The topological polar surface area (TPSA) is 90.5 Å². The lowest BCUT2D eigenvalue weighted by molar-refractivity contribution is -0.110. The van der Waals surface area contributed by atoms with Crippen LogP contribution in [0.1, 0.15) is 17.5 Å². The van der Waals surface area contributed by atoms with Gasteiger partial charge in [-0.3, -0.25) is 9.10 Å². The molecule has 0 spiro atoms. The molecule has 0 bridgehead atoms. The Bertz CT molecular complexity index is 1300. The van der Waals surface area contributed by atoms with Crippen molar-refractivity contribution in [1.29, 1.82) is 0 Å². The first-order valence-electron chi connectivity index (χ1n) is 11.1. The summed E-state index contributed by atoms with van der Waals surface area (Å²) in [5.74, 6) is -0.169. The highest BCUT2D eigenvalue weighted by atomic mass is 32.2. The van der Waals surface area contributed by atoms with Gasteiger partial charge in [-0.05, 0) is 55.9 Å². The molecular formula is C26H28N4O3S. The van der Waals surface area contributed by atoms with Crippen molar-refractivity contribution in [3.63, 3.8) is 0 Å². The van der Waals surface area contributed by atoms with E-state index in [4.69, 9.17) is 0 Å². The highest BCUT2D eigenvalue weighted by molar-refractivity contribution is 7.92. The molecule has 7 nitrogen and oxygen atoms in total. The molecule has 34 heavy (non-hydrogen) atoms. The lowest BCUT2D eigenvalue weighted by Gasteiger charge is -2.23. The normalized spacial score (nSPS) is 14.4. The number of carbonyl (C=O) groups is 1. The monoisotopic (exact) mass is 476 g/mol. The highest BCUT2D eigenvalue weighted by Gasteiger charge is 2.28. The van der Waals surface area contributed by atoms with Crippen molar-refractivity contribution < 1.29 is 13.2 Å². The Balaban J connectivity index is 1.70. The van der Waals surface area contributed by atoms with Gasteiger partial charge in [-0.25, -0.2) is 8.42 Å². The first-order chi connectivity index (χ1) is 16.4. The molecule has 1 heterocycles. The molecular weight excluding hydrogens is 448 g/mol. The van der Waals surface area contributed by atoms with E-state index in [1.165, 1.54) is 10.6 Å². The number of nitrogens with zero attached hydrogens (tertiary/aromatic N) is 1. The second kappa shape index (κ2) is 10.1. The van der Waals surface area contributed by atoms with E-state index in [-0.39, 0.29) is 5.91 Å². The zero-order chi connectivity index (χ0) is 24.1. The predicted octanol–water partition coefficient (Wildman–Crippen LogP) is 3.99. The number of para-hydroxylation sites is 1. The van der Waals surface area contributed by atoms with Crippen LogP contribution in [0, 0.1) is 0 Å². The zero-order valence-electron chi connectivity index (χ0n) is 19.2. The summed E-state index contributed by atoms with van der Waals surface area (Å²) in [7, 11) is -1.57. The number of carbonyl (C=O) groups excluding carboxylic acids is 1. The number of sulfonamides is 1. The van der Waals surface area contributed by atoms with Crippen LogP contribution in [0.15, 0.2) is 78.9 Å². The third-order valence-corrected chi connectivity index (χ3v) is 6.79. The van der Waals surface area contributed by atoms with Crippen molar-refractivity contribution in [3.05, 3.63) is 90.0 Å². The molecule has 3 aromatic rings. The maximum absolute atomic E-state index is 12.9. The van der Waals surface area contributed by atoms with E-state index in [1.54, 1.807) is 12.1 Å². The van der Waals surface area contributed by atoms with E-state index < -0.39 is 10.0 Å². The molecule has 0 unspecified atom stereocenters. The van der Waals surface area contributed by atoms with Crippen LogP contribution in [-0.4, -0.2) is 40.7 Å². The molecule has 1 amide bonds. The summed E-state index contributed by atoms with van der Waals surface area (Å²) >= 11 is 0. The minimum atomic E-state index is -3.41. The third kappa shape index (κ3) is 5.13. The summed E-state index contributed by atoms with van der Waals surface area (Å²) in [5, 5.41) is 9.38. The fourth-order valence-corrected chi connectivity index (χ4v) is 4.96. The fraction of sp³-hybridized carbons (Fsp3) is 0.192. The number of hydrogen-bond donors (Lipinski definition) is 3. The molecule has 176 valence electrons. The lowest BCUT2D eigenvalue weighted by atomic mass is 10.00. The van der Waals surface area contributed by atoms with Crippen LogP contribution in [0.2, 0.25) is 0 Å². The summed E-state index contributed by atoms with van der Waals surface area (Å²) < 4.78 is 26.1. The summed E-state index contributed by atoms with van der Waals surface area (Å²) in [6.45, 7) is 1.12. The SMILES string of the molecule is CNCCCN(c1ccc(NC(=C2C(=O)Nc3ccccc32)c2ccccc2)cc1)S(C)(=O)=O. The van der Waals surface area contributed by atoms with Gasteiger partial charge >= 0.3 is 0 Å². The molecule has 1 aliphatic rings. The molecule has 0 fully saturated rings. The van der Waals surface area contributed by atoms with Crippen molar-refractivity contribution in [2.45, 2.75) is 6.42 Å². The van der Waals surface area contributed by atoms with Gasteiger partial charge in [0.05, 0.1) is 23.2 Å². The first kappa shape index (κ1) is 23.5. The minimum Gasteiger partial charge on any atom is -0.354 e. The van der Waals surface area contributed by atoms with Crippen LogP contribution < -0.4 is 20.3 Å². The average Bonchev–Trinajstić information content (AvgIpc) is 3.16. The van der Waals surface area contributed by atoms with Crippen molar-refractivity contribution >= 4 is 44.3 Å². The van der Waals surface area contributed by atoms with E-state index in [2.05, 4.69) is 16.0 Å². The molecule has 3 N–H and O–H groups in total. The number of fused-ring (bicyclic) bond motifs is 1. The van der Waals surface area contributed by atoms with Crippen LogP contribution in [-0.2, 0) is 14.8 Å². The molecule has 0 atom stereocenters. The Morgan fingerprint density at radius 1 is 0.941 bits per heavy atom. The van der Waals surface area contributed by atoms with E-state index >= 15 is 0 Å². The van der Waals surface area contributed by atoms with Crippen molar-refractivity contribution in [2.75, 3.05) is 41.3 Å². The summed E-state index contributed by atoms with van der Waals surface area (Å²) in [4.78, 5) is 12.9. The minimum absolute atomic E-state index is 0.169. The molecule has 0 saturated carbocycles. The van der Waals surface area contributed by atoms with Gasteiger partial charge in [-0.1, -0.05) is 48.5 Å². The second-order valence-corrected chi connectivity index (χ2v) is 9.99. The smallest absolute Gasteiger partial charge is 0.258 e. The Morgan fingerprint density at radius 3 is 2.29 bits per heavy atom. The second-order valence-electron chi connectivity index (χ2n) is 8.08. The van der Waals surface area contributed by atoms with Crippen molar-refractivity contribution in [3.8, 4) is 0 Å². The standard InChI is InChI=1S/C26H28N4O3S/c1-27-17-8-18-30(34(2,32)33)21-15-13-20(14-16-21)28-25(19-9-4-3-5-10-19)24-22-11-6-7-12-23(22)29-26(24)31/h3-7,9-16,27-28H,8,17-18H2,1-2H3,(H,29,31). The van der Waals surface area contributed by atoms with Gasteiger partial charge in [0.1, 0.15) is 0 Å². The van der Waals surface area contributed by atoms with Crippen LogP contribution in [0.5, 0.6) is 0 Å². The zero-order valence-corrected chi connectivity index (χ0v) is 20.0. The molecule has 0 radical (unpaired) electrons. The number of nitrogens with one attached hydrogen (secondary N) is 3. The quantitative estimate of drug-likeness (QED) is 0.321. The van der Waals surface area contributed by atoms with E-state index in [0.29, 0.717) is 29.9 Å². The molecule has 8 heteroatoms. The maximum Gasteiger partial charge on any atom is 0.258 e. The predicted molar refractivity (Wildman–Crippen MR) is 139 cm³/mol. The van der Waals surface area contributed by atoms with Gasteiger partial charge in [-0.2, -0.15) is 0 Å². The highest BCUT2D eigenvalue weighted by Crippen LogP contribution is 2.37. The van der Waals surface area contributed by atoms with E-state index in [9.17, 15) is 13.2 Å². The summed E-state index contributed by atoms with van der Waals surface area (Å²) in [6.07, 6.45) is 1.91. The van der Waals surface area contributed by atoms with Crippen LogP contribution in [0.4, 0.5) is 17.1 Å². The third-order valence-electron chi connectivity index (χ3n) is 5.60. The molecule has 4 rings (SSSR count). The summed E-state index contributed by atoms with van der Waals surface area (Å²) in [6, 6.07) is 24.5. The number of hydrogen-bond acceptors (Lipinski definition) is 5. The van der Waals surface area contributed by atoms with Gasteiger partial charge in [0, 0.05) is 23.5 Å². The van der Waals surface area contributed by atoms with Gasteiger partial charge in [0.25, 0.3) is 5.91 Å². The van der Waals surface area contributed by atoms with Gasteiger partial charge in [-0.15, -0.1) is 0 Å². The van der Waals surface area contributed by atoms with E-state index in [1.807, 2.05) is 73.8 Å². The fourth-order valence-electron chi connectivity index (χ4n) is 3.99. The van der Waals surface area contributed by atoms with Crippen LogP contribution in [0.25, 0.3) is 11.3 Å². The van der Waals surface area contributed by atoms with Crippen LogP contribution >= 0.6 is 0 Å². The van der Waals surface area contributed by atoms with Gasteiger partial charge < -0.3 is 16.0 Å². The first-order valence-corrected chi connectivity index (χ1v) is 12.9. The molecule has 0 aliphatic carbocycles. The maximum atomic E-state index is 12.9. The number of rotatable bonds is 9. The lowest BCUT2D eigenvalue weighted by Crippen LogP contribution is -2.32. The number of benzene rings is 3. The van der Waals surface area contributed by atoms with Gasteiger partial charge in [0.15, 0.2) is 0 Å². The largest absolute Gasteiger partial charge is 0.354 e. The van der Waals surface area contributed by atoms with Crippen molar-refractivity contribution in [2.24, 2.45) is 0 Å². The Labute approximate surface area is 200 Å². The average molecular weight is 477 g/mol. The molecule has 1 aliphatic heterocycles. The number of amides is 1. The Kier molecular flexibility index (Phi) is 7.00. The molecule has 3 aromatic carbocycles. The van der Waals surface area contributed by atoms with Crippen LogP contribution in [0.3, 0.4) is 0 Å². The molecule has 0 saturated heterocycles. The number of anilines is 3. The van der Waals surface area contributed by atoms with E-state index in [0.717, 1.165) is 29.0 Å². The van der Waals surface area contributed by atoms with Crippen molar-refractivity contribution in [1.82, 2.24) is 5.32 Å². The summed E-state index contributed by atoms with van der Waals surface area (Å²) in [5.41, 5.74) is 5.08. The Hall–Kier alpha value is -3.62. The van der Waals surface area contributed by atoms with Gasteiger partial charge in [0.2, 0.25) is 10.0 Å².